The van der Waals surface area contributed by atoms with Gasteiger partial charge in [0.25, 0.3) is 0 Å². The maximum Gasteiger partial charge on any atom is 0.407 e. The van der Waals surface area contributed by atoms with Gasteiger partial charge in [-0.3, -0.25) is 0 Å². The first-order valence-corrected chi connectivity index (χ1v) is 7.78. The molecule has 22 heavy (non-hydrogen) atoms. The molecule has 1 heterocycles. The molecule has 0 aliphatic rings. The van der Waals surface area contributed by atoms with Crippen molar-refractivity contribution in [2.75, 3.05) is 6.54 Å². The van der Waals surface area contributed by atoms with E-state index in [1.807, 2.05) is 30.3 Å². The molecule has 1 aromatic heterocycles. The first-order valence-electron chi connectivity index (χ1n) is 6.71. The first-order chi connectivity index (χ1) is 10.6. The van der Waals surface area contributed by atoms with Crippen LogP contribution in [0, 0.1) is 3.57 Å². The van der Waals surface area contributed by atoms with Gasteiger partial charge in [0.15, 0.2) is 0 Å². The molecular weight excluding hydrogens is 399 g/mol. The van der Waals surface area contributed by atoms with Crippen LogP contribution in [0.2, 0.25) is 0 Å². The number of alkyl carbamates (subject to hydrolysis) is 1. The van der Waals surface area contributed by atoms with Crippen molar-refractivity contribution in [3.8, 4) is 0 Å². The lowest BCUT2D eigenvalue weighted by Crippen LogP contribution is -2.35. The molecule has 2 unspecified atom stereocenters. The topological polar surface area (TPSA) is 94.6 Å². The molecule has 6 nitrogen and oxygen atoms in total. The van der Waals surface area contributed by atoms with Gasteiger partial charge in [0, 0.05) is 22.0 Å². The number of nitrogens with one attached hydrogen (secondary N) is 2. The zero-order chi connectivity index (χ0) is 15.9. The maximum atomic E-state index is 11.5. The zero-order valence-electron chi connectivity index (χ0n) is 11.7. The molecule has 1 aromatic carbocycles. The van der Waals surface area contributed by atoms with Gasteiger partial charge in [-0.05, 0) is 34.2 Å². The van der Waals surface area contributed by atoms with Crippen molar-refractivity contribution in [2.45, 2.75) is 18.8 Å². The Bertz CT molecular complexity index is 603. The molecule has 2 atom stereocenters. The third-order valence-electron chi connectivity index (χ3n) is 3.02. The van der Waals surface area contributed by atoms with E-state index in [1.54, 1.807) is 12.3 Å². The highest BCUT2D eigenvalue weighted by molar-refractivity contribution is 14.1. The largest absolute Gasteiger partial charge is 0.445 e. The number of aromatic nitrogens is 1. The SMILES string of the molecule is O=C(NCC(O)C(O)c1cc(I)c[nH]1)OCc1ccccc1. The van der Waals surface area contributed by atoms with Gasteiger partial charge in [0.1, 0.15) is 18.8 Å². The summed E-state index contributed by atoms with van der Waals surface area (Å²) in [5.74, 6) is 0. The number of halogens is 1. The Kier molecular flexibility index (Phi) is 6.22. The predicted molar refractivity (Wildman–Crippen MR) is 89.1 cm³/mol. The highest BCUT2D eigenvalue weighted by Gasteiger charge is 2.20. The average molecular weight is 416 g/mol. The van der Waals surface area contributed by atoms with Gasteiger partial charge in [-0.1, -0.05) is 30.3 Å². The number of hydrogen-bond donors (Lipinski definition) is 4. The second-order valence-electron chi connectivity index (χ2n) is 4.73. The number of hydrogen-bond acceptors (Lipinski definition) is 4. The Labute approximate surface area is 141 Å². The fourth-order valence-electron chi connectivity index (χ4n) is 1.84. The summed E-state index contributed by atoms with van der Waals surface area (Å²) in [5.41, 5.74) is 1.37. The minimum Gasteiger partial charge on any atom is -0.445 e. The number of ether oxygens (including phenoxy) is 1. The fourth-order valence-corrected chi connectivity index (χ4v) is 2.33. The Morgan fingerprint density at radius 1 is 1.32 bits per heavy atom. The van der Waals surface area contributed by atoms with Crippen molar-refractivity contribution in [3.05, 3.63) is 57.4 Å². The van der Waals surface area contributed by atoms with Gasteiger partial charge in [-0.25, -0.2) is 4.79 Å². The Hall–Kier alpha value is -1.58. The molecule has 0 fully saturated rings. The van der Waals surface area contributed by atoms with E-state index in [0.717, 1.165) is 9.13 Å². The number of carbonyl (C=O) groups excluding carboxylic acids is 1. The summed E-state index contributed by atoms with van der Waals surface area (Å²) in [6.07, 6.45) is -1.15. The lowest BCUT2D eigenvalue weighted by atomic mass is 10.1. The van der Waals surface area contributed by atoms with Crippen LogP contribution in [0.25, 0.3) is 0 Å². The van der Waals surface area contributed by atoms with E-state index in [9.17, 15) is 15.0 Å². The fraction of sp³-hybridized carbons (Fsp3) is 0.267. The van der Waals surface area contributed by atoms with Crippen LogP contribution in [-0.4, -0.2) is 33.9 Å². The van der Waals surface area contributed by atoms with Crippen LogP contribution in [0.1, 0.15) is 17.4 Å². The molecule has 7 heteroatoms. The molecule has 0 saturated carbocycles. The van der Waals surface area contributed by atoms with Gasteiger partial charge in [-0.15, -0.1) is 0 Å². The van der Waals surface area contributed by atoms with E-state index < -0.39 is 18.3 Å². The van der Waals surface area contributed by atoms with Crippen molar-refractivity contribution in [2.24, 2.45) is 0 Å². The number of benzene rings is 1. The van der Waals surface area contributed by atoms with E-state index >= 15 is 0 Å². The molecule has 1 amide bonds. The van der Waals surface area contributed by atoms with Crippen LogP contribution in [0.5, 0.6) is 0 Å². The predicted octanol–water partition coefficient (Wildman–Crippen LogP) is 1.94. The number of rotatable bonds is 6. The summed E-state index contributed by atoms with van der Waals surface area (Å²) in [5, 5.41) is 22.2. The van der Waals surface area contributed by atoms with Gasteiger partial charge in [0.05, 0.1) is 0 Å². The lowest BCUT2D eigenvalue weighted by Gasteiger charge is -2.17. The molecule has 0 saturated heterocycles. The second-order valence-corrected chi connectivity index (χ2v) is 5.97. The molecule has 0 aliphatic carbocycles. The molecule has 0 radical (unpaired) electrons. The van der Waals surface area contributed by atoms with E-state index in [1.165, 1.54) is 0 Å². The summed E-state index contributed by atoms with van der Waals surface area (Å²) < 4.78 is 5.94. The summed E-state index contributed by atoms with van der Waals surface area (Å²) in [4.78, 5) is 14.4. The van der Waals surface area contributed by atoms with E-state index in [4.69, 9.17) is 4.74 Å². The van der Waals surface area contributed by atoms with Gasteiger partial charge in [-0.2, -0.15) is 0 Å². The Balaban J connectivity index is 1.73. The van der Waals surface area contributed by atoms with E-state index in [0.29, 0.717) is 5.69 Å². The van der Waals surface area contributed by atoms with Crippen molar-refractivity contribution < 1.29 is 19.7 Å². The monoisotopic (exact) mass is 416 g/mol. The summed E-state index contributed by atoms with van der Waals surface area (Å²) >= 11 is 2.09. The summed E-state index contributed by atoms with van der Waals surface area (Å²) in [6, 6.07) is 11.0. The lowest BCUT2D eigenvalue weighted by molar-refractivity contribution is 0.0162. The Morgan fingerprint density at radius 2 is 2.05 bits per heavy atom. The maximum absolute atomic E-state index is 11.5. The molecule has 118 valence electrons. The van der Waals surface area contributed by atoms with Crippen molar-refractivity contribution >= 4 is 28.7 Å². The number of aliphatic hydroxyl groups is 2. The smallest absolute Gasteiger partial charge is 0.407 e. The van der Waals surface area contributed by atoms with Crippen molar-refractivity contribution in [1.29, 1.82) is 0 Å². The third kappa shape index (κ3) is 5.00. The van der Waals surface area contributed by atoms with Gasteiger partial charge in [0.2, 0.25) is 0 Å². The highest BCUT2D eigenvalue weighted by atomic mass is 127. The quantitative estimate of drug-likeness (QED) is 0.542. The molecule has 0 spiro atoms. The van der Waals surface area contributed by atoms with E-state index in [-0.39, 0.29) is 13.2 Å². The van der Waals surface area contributed by atoms with Crippen LogP contribution in [-0.2, 0) is 11.3 Å². The minimum absolute atomic E-state index is 0.107. The second kappa shape index (κ2) is 8.16. The molecule has 4 N–H and O–H groups in total. The number of carbonyl (C=O) groups is 1. The standard InChI is InChI=1S/C15H17IN2O4/c16-11-6-12(17-7-11)14(20)13(19)8-18-15(21)22-9-10-4-2-1-3-5-10/h1-7,13-14,17,19-20H,8-9H2,(H,18,21). The minimum atomic E-state index is -1.13. The van der Waals surface area contributed by atoms with Crippen LogP contribution >= 0.6 is 22.6 Å². The highest BCUT2D eigenvalue weighted by Crippen LogP contribution is 2.17. The molecule has 0 aliphatic heterocycles. The third-order valence-corrected chi connectivity index (χ3v) is 3.64. The number of aliphatic hydroxyl groups excluding tert-OH is 2. The van der Waals surface area contributed by atoms with Gasteiger partial charge < -0.3 is 25.3 Å². The van der Waals surface area contributed by atoms with E-state index in [2.05, 4.69) is 32.9 Å². The number of amides is 1. The first kappa shape index (κ1) is 16.8. The molecule has 2 aromatic rings. The number of H-pyrrole nitrogens is 1. The molecule has 0 bridgehead atoms. The van der Waals surface area contributed by atoms with Crippen LogP contribution in [0.4, 0.5) is 4.79 Å². The zero-order valence-corrected chi connectivity index (χ0v) is 13.9. The average Bonchev–Trinajstić information content (AvgIpc) is 2.97. The van der Waals surface area contributed by atoms with Crippen LogP contribution in [0.3, 0.4) is 0 Å². The van der Waals surface area contributed by atoms with Gasteiger partial charge >= 0.3 is 6.09 Å². The van der Waals surface area contributed by atoms with Crippen LogP contribution in [0.15, 0.2) is 42.6 Å². The summed E-state index contributed by atoms with van der Waals surface area (Å²) in [6.45, 7) is 0.0462. The molecular formula is C15H17IN2O4. The summed E-state index contributed by atoms with van der Waals surface area (Å²) in [7, 11) is 0. The normalized spacial score (nSPS) is 13.4. The Morgan fingerprint density at radius 3 is 2.68 bits per heavy atom. The van der Waals surface area contributed by atoms with Crippen molar-refractivity contribution in [3.63, 3.8) is 0 Å². The van der Waals surface area contributed by atoms with Crippen LogP contribution < -0.4 is 5.32 Å². The van der Waals surface area contributed by atoms with Crippen molar-refractivity contribution in [1.82, 2.24) is 10.3 Å². The number of aromatic amines is 1. The molecule has 2 rings (SSSR count).